The molecule has 0 saturated carbocycles. The number of aromatic carboxylic acids is 1. The van der Waals surface area contributed by atoms with E-state index in [1.807, 2.05) is 17.5 Å². The smallest absolute Gasteiger partial charge is 0.339 e. The summed E-state index contributed by atoms with van der Waals surface area (Å²) < 4.78 is 5.43. The number of ether oxygens (including phenoxy) is 1. The van der Waals surface area contributed by atoms with Gasteiger partial charge in [0, 0.05) is 11.3 Å². The van der Waals surface area contributed by atoms with Gasteiger partial charge in [-0.2, -0.15) is 0 Å². The van der Waals surface area contributed by atoms with Crippen LogP contribution in [0, 0.1) is 0 Å². The zero-order valence-corrected chi connectivity index (χ0v) is 10.3. The van der Waals surface area contributed by atoms with Crippen LogP contribution in [-0.4, -0.2) is 22.7 Å². The highest BCUT2D eigenvalue weighted by atomic mass is 32.1. The predicted molar refractivity (Wildman–Crippen MR) is 69.1 cm³/mol. The van der Waals surface area contributed by atoms with Crippen molar-refractivity contribution in [3.05, 3.63) is 40.2 Å². The van der Waals surface area contributed by atoms with Gasteiger partial charge in [0.2, 0.25) is 0 Å². The van der Waals surface area contributed by atoms with E-state index in [4.69, 9.17) is 15.6 Å². The average molecular weight is 264 g/mol. The van der Waals surface area contributed by atoms with Crippen molar-refractivity contribution in [3.63, 3.8) is 0 Å². The molecule has 6 heteroatoms. The van der Waals surface area contributed by atoms with Gasteiger partial charge in [0.05, 0.1) is 12.8 Å². The lowest BCUT2D eigenvalue weighted by molar-refractivity contribution is 0.0692. The van der Waals surface area contributed by atoms with Crippen molar-refractivity contribution in [2.24, 2.45) is 0 Å². The lowest BCUT2D eigenvalue weighted by atomic mass is 10.2. The van der Waals surface area contributed by atoms with Gasteiger partial charge in [-0.15, -0.1) is 11.3 Å². The van der Waals surface area contributed by atoms with E-state index >= 15 is 0 Å². The number of carboxylic acid groups (broad SMARTS) is 1. The molecule has 18 heavy (non-hydrogen) atoms. The van der Waals surface area contributed by atoms with Crippen molar-refractivity contribution >= 4 is 23.1 Å². The van der Waals surface area contributed by atoms with Gasteiger partial charge in [0.1, 0.15) is 11.4 Å². The Morgan fingerprint density at radius 3 is 3.06 bits per heavy atom. The summed E-state index contributed by atoms with van der Waals surface area (Å²) >= 11 is 1.64. The molecule has 3 N–H and O–H groups in total. The Morgan fingerprint density at radius 1 is 1.56 bits per heavy atom. The highest BCUT2D eigenvalue weighted by molar-refractivity contribution is 7.09. The zero-order chi connectivity index (χ0) is 13.0. The Bertz CT molecular complexity index is 540. The van der Waals surface area contributed by atoms with Crippen LogP contribution in [0.5, 0.6) is 5.75 Å². The number of hydrogen-bond donors (Lipinski definition) is 2. The Balaban J connectivity index is 2.02. The first kappa shape index (κ1) is 12.4. The van der Waals surface area contributed by atoms with Gasteiger partial charge < -0.3 is 15.6 Å². The van der Waals surface area contributed by atoms with Gasteiger partial charge in [-0.1, -0.05) is 6.07 Å². The maximum Gasteiger partial charge on any atom is 0.339 e. The van der Waals surface area contributed by atoms with Gasteiger partial charge in [0.25, 0.3) is 0 Å². The molecule has 0 aliphatic heterocycles. The van der Waals surface area contributed by atoms with Gasteiger partial charge in [-0.3, -0.25) is 0 Å². The Hall–Kier alpha value is -2.08. The van der Waals surface area contributed by atoms with E-state index in [1.165, 1.54) is 17.1 Å². The summed E-state index contributed by atoms with van der Waals surface area (Å²) in [6, 6.07) is 5.27. The fourth-order valence-corrected chi connectivity index (χ4v) is 2.15. The van der Waals surface area contributed by atoms with Crippen molar-refractivity contribution in [3.8, 4) is 5.75 Å². The van der Waals surface area contributed by atoms with Crippen LogP contribution in [-0.2, 0) is 6.42 Å². The Morgan fingerprint density at radius 2 is 2.39 bits per heavy atom. The normalized spacial score (nSPS) is 10.2. The number of nitrogen functional groups attached to an aromatic ring is 1. The second-order valence-electron chi connectivity index (χ2n) is 3.59. The summed E-state index contributed by atoms with van der Waals surface area (Å²) in [4.78, 5) is 16.0. The molecule has 5 nitrogen and oxygen atoms in total. The van der Waals surface area contributed by atoms with E-state index in [0.717, 1.165) is 6.42 Å². The average Bonchev–Trinajstić information content (AvgIpc) is 2.84. The molecule has 0 aliphatic carbocycles. The van der Waals surface area contributed by atoms with Gasteiger partial charge in [0.15, 0.2) is 5.75 Å². The third kappa shape index (κ3) is 2.98. The van der Waals surface area contributed by atoms with Crippen LogP contribution in [0.4, 0.5) is 5.82 Å². The highest BCUT2D eigenvalue weighted by Crippen LogP contribution is 2.19. The first-order valence-corrected chi connectivity index (χ1v) is 6.19. The standard InChI is InChI=1S/C12H12N2O3S/c13-11-6-9(12(15)16)10(7-14-11)17-4-3-8-2-1-5-18-8/h1-2,5-7H,3-4H2,(H2,13,14)(H,15,16). The number of carboxylic acids is 1. The molecule has 2 heterocycles. The zero-order valence-electron chi connectivity index (χ0n) is 9.50. The summed E-state index contributed by atoms with van der Waals surface area (Å²) in [7, 11) is 0. The monoisotopic (exact) mass is 264 g/mol. The predicted octanol–water partition coefficient (Wildman–Crippen LogP) is 2.04. The molecule has 2 aromatic heterocycles. The Kier molecular flexibility index (Phi) is 3.78. The van der Waals surface area contributed by atoms with Crippen LogP contribution >= 0.6 is 11.3 Å². The number of aromatic nitrogens is 1. The van der Waals surface area contributed by atoms with Crippen molar-refractivity contribution in [1.82, 2.24) is 4.98 Å². The lowest BCUT2D eigenvalue weighted by Gasteiger charge is -2.08. The number of nitrogens with two attached hydrogens (primary N) is 1. The van der Waals surface area contributed by atoms with Crippen LogP contribution in [0.25, 0.3) is 0 Å². The van der Waals surface area contributed by atoms with Crippen LogP contribution in [0.1, 0.15) is 15.2 Å². The first-order chi connectivity index (χ1) is 8.66. The summed E-state index contributed by atoms with van der Waals surface area (Å²) in [6.07, 6.45) is 2.08. The Labute approximate surface area is 108 Å². The molecule has 0 atom stereocenters. The van der Waals surface area contributed by atoms with Gasteiger partial charge in [-0.05, 0) is 17.5 Å². The molecule has 2 rings (SSSR count). The summed E-state index contributed by atoms with van der Waals surface area (Å²) in [5.41, 5.74) is 5.48. The molecular formula is C12H12N2O3S. The SMILES string of the molecule is Nc1cc(C(=O)O)c(OCCc2cccs2)cn1. The molecule has 0 spiro atoms. The molecule has 94 valence electrons. The third-order valence-corrected chi connectivity index (χ3v) is 3.24. The maximum atomic E-state index is 11.0. The number of nitrogens with zero attached hydrogens (tertiary/aromatic N) is 1. The molecule has 0 fully saturated rings. The van der Waals surface area contributed by atoms with Gasteiger partial charge >= 0.3 is 5.97 Å². The molecule has 0 saturated heterocycles. The van der Waals surface area contributed by atoms with Crippen LogP contribution in [0.15, 0.2) is 29.8 Å². The summed E-state index contributed by atoms with van der Waals surface area (Å²) in [5.74, 6) is -0.665. The third-order valence-electron chi connectivity index (χ3n) is 2.31. The summed E-state index contributed by atoms with van der Waals surface area (Å²) in [5, 5.41) is 11.0. The van der Waals surface area contributed by atoms with E-state index in [0.29, 0.717) is 6.61 Å². The van der Waals surface area contributed by atoms with Crippen LogP contribution < -0.4 is 10.5 Å². The van der Waals surface area contributed by atoms with Crippen molar-refractivity contribution in [2.75, 3.05) is 12.3 Å². The molecule has 2 aromatic rings. The van der Waals surface area contributed by atoms with E-state index in [9.17, 15) is 4.79 Å². The number of pyridine rings is 1. The maximum absolute atomic E-state index is 11.0. The van der Waals surface area contributed by atoms with E-state index < -0.39 is 5.97 Å². The van der Waals surface area contributed by atoms with E-state index in [-0.39, 0.29) is 17.1 Å². The molecule has 0 aromatic carbocycles. The number of rotatable bonds is 5. The van der Waals surface area contributed by atoms with E-state index in [2.05, 4.69) is 4.98 Å². The van der Waals surface area contributed by atoms with Crippen molar-refractivity contribution in [2.45, 2.75) is 6.42 Å². The van der Waals surface area contributed by atoms with Crippen LogP contribution in [0.2, 0.25) is 0 Å². The van der Waals surface area contributed by atoms with E-state index in [1.54, 1.807) is 11.3 Å². The fourth-order valence-electron chi connectivity index (χ4n) is 1.46. The molecule has 0 unspecified atom stereocenters. The molecule has 0 amide bonds. The largest absolute Gasteiger partial charge is 0.491 e. The van der Waals surface area contributed by atoms with Crippen molar-refractivity contribution in [1.29, 1.82) is 0 Å². The second kappa shape index (κ2) is 5.50. The second-order valence-corrected chi connectivity index (χ2v) is 4.62. The first-order valence-electron chi connectivity index (χ1n) is 5.31. The molecule has 0 radical (unpaired) electrons. The minimum absolute atomic E-state index is 0.0358. The van der Waals surface area contributed by atoms with Crippen LogP contribution in [0.3, 0.4) is 0 Å². The lowest BCUT2D eigenvalue weighted by Crippen LogP contribution is -2.07. The minimum Gasteiger partial charge on any atom is -0.491 e. The number of anilines is 1. The fraction of sp³-hybridized carbons (Fsp3) is 0.167. The number of hydrogen-bond acceptors (Lipinski definition) is 5. The molecule has 0 bridgehead atoms. The summed E-state index contributed by atoms with van der Waals surface area (Å²) in [6.45, 7) is 0.409. The van der Waals surface area contributed by atoms with Crippen molar-refractivity contribution < 1.29 is 14.6 Å². The number of carbonyl (C=O) groups is 1. The van der Waals surface area contributed by atoms with Gasteiger partial charge in [-0.25, -0.2) is 9.78 Å². The molecular weight excluding hydrogens is 252 g/mol. The minimum atomic E-state index is -1.07. The molecule has 0 aliphatic rings. The number of thiophene rings is 1. The quantitative estimate of drug-likeness (QED) is 0.863. The highest BCUT2D eigenvalue weighted by Gasteiger charge is 2.12. The topological polar surface area (TPSA) is 85.4 Å².